The molecule has 4 N–H and O–H groups in total. The third kappa shape index (κ3) is 2.88. The zero-order valence-electron chi connectivity index (χ0n) is 12.1. The molecule has 1 aromatic carbocycles. The van der Waals surface area contributed by atoms with Crippen LogP contribution in [0.1, 0.15) is 36.0 Å². The first kappa shape index (κ1) is 14.7. The van der Waals surface area contributed by atoms with E-state index in [4.69, 9.17) is 5.73 Å². The molecule has 0 atom stereocenters. The first-order valence-electron chi connectivity index (χ1n) is 6.98. The van der Waals surface area contributed by atoms with E-state index in [1.54, 1.807) is 12.1 Å². The van der Waals surface area contributed by atoms with Crippen LogP contribution in [0.5, 0.6) is 0 Å². The molecule has 110 valence electrons. The Labute approximate surface area is 119 Å². The van der Waals surface area contributed by atoms with Crippen molar-refractivity contribution in [3.63, 3.8) is 0 Å². The first-order valence-corrected chi connectivity index (χ1v) is 6.98. The number of aliphatic hydroxyl groups excluding tert-OH is 1. The van der Waals surface area contributed by atoms with Gasteiger partial charge in [-0.25, -0.2) is 0 Å². The van der Waals surface area contributed by atoms with Crippen LogP contribution in [0.15, 0.2) is 18.2 Å². The fraction of sp³-hybridized carbons (Fsp3) is 0.533. The number of nitrogens with two attached hydrogens (primary N) is 1. The van der Waals surface area contributed by atoms with Gasteiger partial charge in [0.1, 0.15) is 0 Å². The summed E-state index contributed by atoms with van der Waals surface area (Å²) in [5.74, 6) is -0.169. The van der Waals surface area contributed by atoms with Gasteiger partial charge in [-0.15, -0.1) is 0 Å². The van der Waals surface area contributed by atoms with Crippen molar-refractivity contribution in [1.29, 1.82) is 0 Å². The van der Waals surface area contributed by atoms with E-state index in [9.17, 15) is 9.90 Å². The van der Waals surface area contributed by atoms with E-state index >= 15 is 0 Å². The van der Waals surface area contributed by atoms with Crippen LogP contribution in [-0.4, -0.2) is 37.3 Å². The van der Waals surface area contributed by atoms with Crippen molar-refractivity contribution in [1.82, 2.24) is 5.32 Å². The number of hydrogen-bond donors (Lipinski definition) is 3. The Morgan fingerprint density at radius 3 is 2.60 bits per heavy atom. The maximum atomic E-state index is 12.5. The Bertz CT molecular complexity index is 494. The van der Waals surface area contributed by atoms with Crippen LogP contribution in [-0.2, 0) is 0 Å². The van der Waals surface area contributed by atoms with Crippen molar-refractivity contribution < 1.29 is 9.90 Å². The van der Waals surface area contributed by atoms with Crippen molar-refractivity contribution in [3.8, 4) is 0 Å². The number of amides is 1. The summed E-state index contributed by atoms with van der Waals surface area (Å²) < 4.78 is 0. The molecule has 0 saturated heterocycles. The van der Waals surface area contributed by atoms with E-state index < -0.39 is 5.54 Å². The third-order valence-corrected chi connectivity index (χ3v) is 3.99. The quantitative estimate of drug-likeness (QED) is 0.726. The van der Waals surface area contributed by atoms with Crippen LogP contribution in [0.4, 0.5) is 11.4 Å². The second-order valence-electron chi connectivity index (χ2n) is 5.77. The number of hydrogen-bond acceptors (Lipinski definition) is 4. The summed E-state index contributed by atoms with van der Waals surface area (Å²) in [6.45, 7) is -0.0155. The Balaban J connectivity index is 2.26. The van der Waals surface area contributed by atoms with E-state index in [2.05, 4.69) is 5.32 Å². The monoisotopic (exact) mass is 277 g/mol. The molecule has 1 aromatic rings. The van der Waals surface area contributed by atoms with Gasteiger partial charge in [0.25, 0.3) is 5.91 Å². The van der Waals surface area contributed by atoms with E-state index in [1.165, 1.54) is 0 Å². The van der Waals surface area contributed by atoms with Gasteiger partial charge in [0.2, 0.25) is 0 Å². The number of carbonyl (C=O) groups is 1. The average molecular weight is 277 g/mol. The highest BCUT2D eigenvalue weighted by atomic mass is 16.3. The van der Waals surface area contributed by atoms with Crippen LogP contribution in [0.25, 0.3) is 0 Å². The maximum absolute atomic E-state index is 12.5. The van der Waals surface area contributed by atoms with Crippen LogP contribution in [0, 0.1) is 0 Å². The van der Waals surface area contributed by atoms with E-state index in [1.807, 2.05) is 25.1 Å². The lowest BCUT2D eigenvalue weighted by Crippen LogP contribution is -2.49. The van der Waals surface area contributed by atoms with Gasteiger partial charge in [-0.05, 0) is 31.0 Å². The number of rotatable bonds is 4. The number of anilines is 2. The highest BCUT2D eigenvalue weighted by Gasteiger charge is 2.35. The van der Waals surface area contributed by atoms with Gasteiger partial charge in [-0.3, -0.25) is 4.79 Å². The lowest BCUT2D eigenvalue weighted by atomic mass is 9.98. The van der Waals surface area contributed by atoms with Gasteiger partial charge in [-0.1, -0.05) is 12.8 Å². The molecule has 1 aliphatic rings. The molecule has 1 amide bonds. The largest absolute Gasteiger partial charge is 0.399 e. The number of nitrogens with zero attached hydrogens (tertiary/aromatic N) is 1. The SMILES string of the molecule is CN(C)c1ccc(N)cc1C(=O)NC1(CO)CCCC1. The van der Waals surface area contributed by atoms with Gasteiger partial charge in [-0.2, -0.15) is 0 Å². The lowest BCUT2D eigenvalue weighted by Gasteiger charge is -2.29. The lowest BCUT2D eigenvalue weighted by molar-refractivity contribution is 0.0839. The molecule has 1 fully saturated rings. The van der Waals surface area contributed by atoms with Crippen molar-refractivity contribution in [2.45, 2.75) is 31.2 Å². The normalized spacial score (nSPS) is 16.9. The summed E-state index contributed by atoms with van der Waals surface area (Å²) in [7, 11) is 3.78. The molecular weight excluding hydrogens is 254 g/mol. The third-order valence-electron chi connectivity index (χ3n) is 3.99. The minimum atomic E-state index is -0.467. The molecule has 0 heterocycles. The number of nitrogen functional groups attached to an aromatic ring is 1. The Morgan fingerprint density at radius 1 is 1.40 bits per heavy atom. The van der Waals surface area contributed by atoms with Crippen LogP contribution in [0.3, 0.4) is 0 Å². The van der Waals surface area contributed by atoms with Crippen molar-refractivity contribution >= 4 is 17.3 Å². The van der Waals surface area contributed by atoms with Crippen molar-refractivity contribution in [2.75, 3.05) is 31.3 Å². The van der Waals surface area contributed by atoms with E-state index in [0.717, 1.165) is 31.4 Å². The molecule has 0 spiro atoms. The zero-order chi connectivity index (χ0) is 14.8. The highest BCUT2D eigenvalue weighted by molar-refractivity contribution is 6.01. The predicted octanol–water partition coefficient (Wildman–Crippen LogP) is 1.37. The van der Waals surface area contributed by atoms with Crippen LogP contribution >= 0.6 is 0 Å². The molecule has 5 nitrogen and oxygen atoms in total. The standard InChI is InChI=1S/C15H23N3O2/c1-18(2)13-6-5-11(16)9-12(13)14(20)17-15(10-19)7-3-4-8-15/h5-6,9,19H,3-4,7-8,10,16H2,1-2H3,(H,17,20). The zero-order valence-corrected chi connectivity index (χ0v) is 12.1. The summed E-state index contributed by atoms with van der Waals surface area (Å²) in [4.78, 5) is 14.4. The smallest absolute Gasteiger partial charge is 0.253 e. The molecule has 0 unspecified atom stereocenters. The summed E-state index contributed by atoms with van der Waals surface area (Å²) in [6.07, 6.45) is 3.74. The summed E-state index contributed by atoms with van der Waals surface area (Å²) >= 11 is 0. The molecule has 0 aliphatic heterocycles. The summed E-state index contributed by atoms with van der Waals surface area (Å²) in [5, 5.41) is 12.6. The molecule has 20 heavy (non-hydrogen) atoms. The Morgan fingerprint density at radius 2 is 2.05 bits per heavy atom. The Hall–Kier alpha value is -1.75. The van der Waals surface area contributed by atoms with Gasteiger partial charge in [0, 0.05) is 25.5 Å². The molecule has 0 radical (unpaired) electrons. The molecule has 2 rings (SSSR count). The number of nitrogens with one attached hydrogen (secondary N) is 1. The Kier molecular flexibility index (Phi) is 4.18. The molecule has 1 saturated carbocycles. The highest BCUT2D eigenvalue weighted by Crippen LogP contribution is 2.30. The van der Waals surface area contributed by atoms with Crippen molar-refractivity contribution in [3.05, 3.63) is 23.8 Å². The van der Waals surface area contributed by atoms with Gasteiger partial charge in [0.05, 0.1) is 17.7 Å². The molecular formula is C15H23N3O2. The van der Waals surface area contributed by atoms with Gasteiger partial charge >= 0.3 is 0 Å². The molecule has 0 bridgehead atoms. The van der Waals surface area contributed by atoms with E-state index in [-0.39, 0.29) is 12.5 Å². The maximum Gasteiger partial charge on any atom is 0.253 e. The number of benzene rings is 1. The summed E-state index contributed by atoms with van der Waals surface area (Å²) in [5.41, 5.74) is 7.26. The second kappa shape index (κ2) is 5.71. The molecule has 0 aromatic heterocycles. The average Bonchev–Trinajstić information content (AvgIpc) is 2.87. The minimum absolute atomic E-state index is 0.0155. The first-order chi connectivity index (χ1) is 9.47. The van der Waals surface area contributed by atoms with Gasteiger partial charge < -0.3 is 21.1 Å². The van der Waals surface area contributed by atoms with Crippen molar-refractivity contribution in [2.24, 2.45) is 0 Å². The fourth-order valence-corrected chi connectivity index (χ4v) is 2.81. The van der Waals surface area contributed by atoms with E-state index in [0.29, 0.717) is 11.3 Å². The number of carbonyl (C=O) groups excluding carboxylic acids is 1. The molecule has 5 heteroatoms. The predicted molar refractivity (Wildman–Crippen MR) is 80.9 cm³/mol. The van der Waals surface area contributed by atoms with Crippen LogP contribution < -0.4 is 16.0 Å². The number of aliphatic hydroxyl groups is 1. The summed E-state index contributed by atoms with van der Waals surface area (Å²) in [6, 6.07) is 5.30. The topological polar surface area (TPSA) is 78.6 Å². The fourth-order valence-electron chi connectivity index (χ4n) is 2.81. The minimum Gasteiger partial charge on any atom is -0.399 e. The van der Waals surface area contributed by atoms with Gasteiger partial charge in [0.15, 0.2) is 0 Å². The second-order valence-corrected chi connectivity index (χ2v) is 5.77. The van der Waals surface area contributed by atoms with Crippen LogP contribution in [0.2, 0.25) is 0 Å². The molecule has 1 aliphatic carbocycles.